The number of rotatable bonds is 6. The largest absolute Gasteiger partial charge is 0.497 e. The van der Waals surface area contributed by atoms with Crippen LogP contribution in [0.25, 0.3) is 10.9 Å². The van der Waals surface area contributed by atoms with Crippen molar-refractivity contribution in [3.05, 3.63) is 83.0 Å². The second-order valence-corrected chi connectivity index (χ2v) is 10.2. The van der Waals surface area contributed by atoms with Gasteiger partial charge in [-0.1, -0.05) is 40.2 Å². The smallest absolute Gasteiger partial charge is 0.131 e. The normalized spacial score (nSPS) is 27.9. The van der Waals surface area contributed by atoms with Gasteiger partial charge in [-0.2, -0.15) is 0 Å². The maximum absolute atomic E-state index is 11.8. The molecule has 2 aromatic carbocycles. The van der Waals surface area contributed by atoms with Crippen molar-refractivity contribution in [3.63, 3.8) is 0 Å². The molecule has 166 valence electrons. The van der Waals surface area contributed by atoms with Crippen LogP contribution < -0.4 is 4.74 Å². The predicted octanol–water partition coefficient (Wildman–Crippen LogP) is 5.65. The number of quaternary nitrogens is 1. The lowest BCUT2D eigenvalue weighted by atomic mass is 9.71. The lowest BCUT2D eigenvalue weighted by Gasteiger charge is -2.58. The third kappa shape index (κ3) is 3.66. The fraction of sp³-hybridized carbons (Fsp3) is 0.370. The van der Waals surface area contributed by atoms with E-state index >= 15 is 0 Å². The Hall–Kier alpha value is -2.21. The monoisotopic (exact) mass is 493 g/mol. The molecule has 0 radical (unpaired) electrons. The SMILES string of the molecule is C=C[C@H]1C[N@+]2(Cc3cc(OC)ccc3Br)CC[C@H]1C[C@@H]2[C@@H](O)c1ccnc2ccccc12. The first-order chi connectivity index (χ1) is 15.5. The van der Waals surface area contributed by atoms with Crippen LogP contribution in [0.3, 0.4) is 0 Å². The Balaban J connectivity index is 1.57. The van der Waals surface area contributed by atoms with E-state index in [-0.39, 0.29) is 6.04 Å². The summed E-state index contributed by atoms with van der Waals surface area (Å²) < 4.78 is 7.47. The maximum Gasteiger partial charge on any atom is 0.131 e. The van der Waals surface area contributed by atoms with Gasteiger partial charge in [0.15, 0.2) is 0 Å². The van der Waals surface area contributed by atoms with Crippen molar-refractivity contribution < 1.29 is 14.3 Å². The summed E-state index contributed by atoms with van der Waals surface area (Å²) in [6.45, 7) is 7.10. The van der Waals surface area contributed by atoms with Gasteiger partial charge >= 0.3 is 0 Å². The van der Waals surface area contributed by atoms with E-state index in [1.807, 2.05) is 36.5 Å². The molecule has 6 rings (SSSR count). The molecule has 3 aromatic rings. The van der Waals surface area contributed by atoms with Gasteiger partial charge in [0.05, 0.1) is 25.7 Å². The van der Waals surface area contributed by atoms with E-state index < -0.39 is 6.10 Å². The van der Waals surface area contributed by atoms with E-state index in [4.69, 9.17) is 4.74 Å². The number of nitrogens with zero attached hydrogens (tertiary/aromatic N) is 2. The molecule has 3 fully saturated rings. The molecule has 5 heteroatoms. The van der Waals surface area contributed by atoms with Crippen LogP contribution in [-0.2, 0) is 6.54 Å². The van der Waals surface area contributed by atoms with E-state index in [1.54, 1.807) is 7.11 Å². The summed E-state index contributed by atoms with van der Waals surface area (Å²) in [4.78, 5) is 4.51. The minimum absolute atomic E-state index is 0.133. The zero-order valence-corrected chi connectivity index (χ0v) is 20.0. The van der Waals surface area contributed by atoms with Crippen LogP contribution in [0.15, 0.2) is 71.9 Å². The number of para-hydroxylation sites is 1. The molecular formula is C27H30BrN2O2+. The number of piperidine rings is 3. The quantitative estimate of drug-likeness (QED) is 0.356. The predicted molar refractivity (Wildman–Crippen MR) is 131 cm³/mol. The minimum Gasteiger partial charge on any atom is -0.497 e. The molecule has 3 saturated heterocycles. The molecule has 0 amide bonds. The molecule has 3 aliphatic rings. The summed E-state index contributed by atoms with van der Waals surface area (Å²) in [5, 5.41) is 12.9. The Morgan fingerprint density at radius 3 is 2.94 bits per heavy atom. The van der Waals surface area contributed by atoms with Crippen LogP contribution >= 0.6 is 15.9 Å². The third-order valence-electron chi connectivity index (χ3n) is 7.78. The number of ether oxygens (including phenoxy) is 1. The van der Waals surface area contributed by atoms with Gasteiger partial charge in [-0.3, -0.25) is 4.98 Å². The van der Waals surface area contributed by atoms with Gasteiger partial charge < -0.3 is 14.3 Å². The summed E-state index contributed by atoms with van der Waals surface area (Å²) >= 11 is 3.76. The molecular weight excluding hydrogens is 464 g/mol. The van der Waals surface area contributed by atoms with Crippen molar-refractivity contribution in [2.45, 2.75) is 31.5 Å². The average Bonchev–Trinajstić information content (AvgIpc) is 2.84. The van der Waals surface area contributed by atoms with Crippen LogP contribution in [0.5, 0.6) is 5.75 Å². The summed E-state index contributed by atoms with van der Waals surface area (Å²) in [6.07, 6.45) is 5.62. The standard InChI is InChI=1S/C27H30BrN2O2/c1-3-18-16-30(17-20-14-21(32-2)8-9-24(20)28)13-11-19(18)15-26(30)27(31)23-10-12-29-25-7-5-4-6-22(23)25/h3-10,12,14,18-19,26-27,31H,1,11,13,15-17H2,2H3/q+1/t18-,19-,26+,27-,30-/m0/s1. The fourth-order valence-corrected chi connectivity index (χ4v) is 6.47. The van der Waals surface area contributed by atoms with Crippen LogP contribution in [0.1, 0.15) is 30.1 Å². The number of fused-ring (bicyclic) bond motifs is 4. The second-order valence-electron chi connectivity index (χ2n) is 9.35. The lowest BCUT2D eigenvalue weighted by molar-refractivity contribution is -0.985. The zero-order chi connectivity index (χ0) is 22.3. The first-order valence-electron chi connectivity index (χ1n) is 11.4. The Bertz CT molecular complexity index is 1140. The number of benzene rings is 2. The number of aromatic nitrogens is 1. The van der Waals surface area contributed by atoms with E-state index in [9.17, 15) is 5.11 Å². The van der Waals surface area contributed by atoms with Crippen LogP contribution in [-0.4, -0.2) is 40.8 Å². The molecule has 1 N–H and O–H groups in total. The van der Waals surface area contributed by atoms with Crippen molar-refractivity contribution in [2.75, 3.05) is 20.2 Å². The second kappa shape index (κ2) is 8.62. The van der Waals surface area contributed by atoms with Crippen molar-refractivity contribution in [1.82, 2.24) is 4.98 Å². The number of aliphatic hydroxyl groups is 1. The highest BCUT2D eigenvalue weighted by Gasteiger charge is 2.54. The molecule has 0 saturated carbocycles. The molecule has 2 bridgehead atoms. The number of hydrogen-bond acceptors (Lipinski definition) is 3. The van der Waals surface area contributed by atoms with Gasteiger partial charge in [0.25, 0.3) is 0 Å². The number of aliphatic hydroxyl groups excluding tert-OH is 1. The molecule has 3 aliphatic heterocycles. The molecule has 1 aromatic heterocycles. The number of hydrogen-bond donors (Lipinski definition) is 1. The van der Waals surface area contributed by atoms with Gasteiger partial charge in [-0.15, -0.1) is 6.58 Å². The molecule has 32 heavy (non-hydrogen) atoms. The third-order valence-corrected chi connectivity index (χ3v) is 8.55. The van der Waals surface area contributed by atoms with Crippen LogP contribution in [0, 0.1) is 11.8 Å². The number of methoxy groups -OCH3 is 1. The van der Waals surface area contributed by atoms with Gasteiger partial charge in [0, 0.05) is 40.4 Å². The molecule has 4 heterocycles. The topological polar surface area (TPSA) is 42.4 Å². The Morgan fingerprint density at radius 2 is 2.12 bits per heavy atom. The molecule has 5 atom stereocenters. The first kappa shape index (κ1) is 21.6. The van der Waals surface area contributed by atoms with E-state index in [1.165, 1.54) is 12.0 Å². The lowest BCUT2D eigenvalue weighted by Crippen LogP contribution is -2.67. The summed E-state index contributed by atoms with van der Waals surface area (Å²) in [6, 6.07) is 16.4. The molecule has 0 aliphatic carbocycles. The van der Waals surface area contributed by atoms with E-state index in [2.05, 4.69) is 51.8 Å². The molecule has 0 unspecified atom stereocenters. The molecule has 4 nitrogen and oxygen atoms in total. The van der Waals surface area contributed by atoms with Crippen molar-refractivity contribution in [1.29, 1.82) is 0 Å². The van der Waals surface area contributed by atoms with Gasteiger partial charge in [0.1, 0.15) is 24.4 Å². The highest BCUT2D eigenvalue weighted by Crippen LogP contribution is 2.48. The Labute approximate surface area is 198 Å². The number of pyridine rings is 1. The zero-order valence-electron chi connectivity index (χ0n) is 18.5. The van der Waals surface area contributed by atoms with Crippen LogP contribution in [0.2, 0.25) is 0 Å². The average molecular weight is 494 g/mol. The van der Waals surface area contributed by atoms with E-state index in [0.29, 0.717) is 11.8 Å². The van der Waals surface area contributed by atoms with Gasteiger partial charge in [-0.05, 0) is 41.8 Å². The Morgan fingerprint density at radius 1 is 1.28 bits per heavy atom. The summed E-state index contributed by atoms with van der Waals surface area (Å²) in [7, 11) is 1.71. The van der Waals surface area contributed by atoms with Crippen molar-refractivity contribution >= 4 is 26.8 Å². The first-order valence-corrected chi connectivity index (χ1v) is 12.2. The maximum atomic E-state index is 11.8. The summed E-state index contributed by atoms with van der Waals surface area (Å²) in [5.74, 6) is 1.95. The molecule has 0 spiro atoms. The van der Waals surface area contributed by atoms with Crippen molar-refractivity contribution in [3.8, 4) is 5.75 Å². The highest BCUT2D eigenvalue weighted by molar-refractivity contribution is 9.10. The van der Waals surface area contributed by atoms with E-state index in [0.717, 1.165) is 57.2 Å². The Kier molecular flexibility index (Phi) is 5.82. The van der Waals surface area contributed by atoms with Gasteiger partial charge in [-0.25, -0.2) is 0 Å². The number of halogens is 1. The van der Waals surface area contributed by atoms with Crippen LogP contribution in [0.4, 0.5) is 0 Å². The highest BCUT2D eigenvalue weighted by atomic mass is 79.9. The summed E-state index contributed by atoms with van der Waals surface area (Å²) in [5.41, 5.74) is 3.15. The van der Waals surface area contributed by atoms with Crippen molar-refractivity contribution in [2.24, 2.45) is 11.8 Å². The fourth-order valence-electron chi connectivity index (χ4n) is 6.10. The minimum atomic E-state index is -0.541. The van der Waals surface area contributed by atoms with Gasteiger partial charge in [0.2, 0.25) is 0 Å².